The van der Waals surface area contributed by atoms with Crippen molar-refractivity contribution in [3.8, 4) is 0 Å². The van der Waals surface area contributed by atoms with E-state index in [1.165, 1.54) is 0 Å². The highest BCUT2D eigenvalue weighted by Crippen LogP contribution is 2.18. The lowest BCUT2D eigenvalue weighted by Crippen LogP contribution is -2.44. The first-order valence-corrected chi connectivity index (χ1v) is 7.72. The first-order valence-electron chi connectivity index (χ1n) is 7.72. The van der Waals surface area contributed by atoms with Crippen LogP contribution >= 0.6 is 0 Å². The van der Waals surface area contributed by atoms with Crippen molar-refractivity contribution in [3.05, 3.63) is 12.3 Å². The van der Waals surface area contributed by atoms with E-state index >= 15 is 0 Å². The van der Waals surface area contributed by atoms with Gasteiger partial charge in [-0.3, -0.25) is 5.32 Å². The Kier molecular flexibility index (Phi) is 6.68. The highest BCUT2D eigenvalue weighted by molar-refractivity contribution is 5.88. The Morgan fingerprint density at radius 3 is 2.52 bits per heavy atom. The third-order valence-corrected chi connectivity index (χ3v) is 3.41. The predicted octanol–water partition coefficient (Wildman–Crippen LogP) is 2.92. The van der Waals surface area contributed by atoms with E-state index in [0.29, 0.717) is 18.7 Å². The van der Waals surface area contributed by atoms with Crippen LogP contribution in [-0.2, 0) is 0 Å². The third-order valence-electron chi connectivity index (χ3n) is 3.41. The SMILES string of the molecule is CCCC(O)(CCC)CNC(=O)Nc1ccnn1C(C)C. The van der Waals surface area contributed by atoms with Crippen LogP contribution in [0.1, 0.15) is 59.4 Å². The number of nitrogens with one attached hydrogen (secondary N) is 2. The summed E-state index contributed by atoms with van der Waals surface area (Å²) in [7, 11) is 0. The van der Waals surface area contributed by atoms with E-state index in [4.69, 9.17) is 0 Å². The quantitative estimate of drug-likeness (QED) is 0.690. The number of nitrogens with zero attached hydrogens (tertiary/aromatic N) is 2. The number of carbonyl (C=O) groups is 1. The fourth-order valence-electron chi connectivity index (χ4n) is 2.46. The van der Waals surface area contributed by atoms with Crippen LogP contribution in [0.25, 0.3) is 0 Å². The number of anilines is 1. The first kappa shape index (κ1) is 17.5. The van der Waals surface area contributed by atoms with Crippen LogP contribution in [0.2, 0.25) is 0 Å². The molecule has 0 bridgehead atoms. The molecule has 0 saturated carbocycles. The Morgan fingerprint density at radius 2 is 2.00 bits per heavy atom. The summed E-state index contributed by atoms with van der Waals surface area (Å²) in [5.41, 5.74) is -0.820. The van der Waals surface area contributed by atoms with Crippen LogP contribution in [0.3, 0.4) is 0 Å². The van der Waals surface area contributed by atoms with Crippen molar-refractivity contribution < 1.29 is 9.90 Å². The van der Waals surface area contributed by atoms with Crippen LogP contribution in [-0.4, -0.2) is 33.1 Å². The molecule has 0 unspecified atom stereocenters. The van der Waals surface area contributed by atoms with Gasteiger partial charge in [-0.15, -0.1) is 0 Å². The smallest absolute Gasteiger partial charge is 0.320 e. The molecule has 120 valence electrons. The molecule has 1 rings (SSSR count). The van der Waals surface area contributed by atoms with Crippen LogP contribution in [0.5, 0.6) is 0 Å². The van der Waals surface area contributed by atoms with Crippen molar-refractivity contribution in [1.82, 2.24) is 15.1 Å². The van der Waals surface area contributed by atoms with Crippen LogP contribution < -0.4 is 10.6 Å². The summed E-state index contributed by atoms with van der Waals surface area (Å²) in [4.78, 5) is 12.0. The number of aliphatic hydroxyl groups is 1. The number of hydrogen-bond acceptors (Lipinski definition) is 3. The Hall–Kier alpha value is -1.56. The zero-order valence-electron chi connectivity index (χ0n) is 13.5. The molecule has 0 spiro atoms. The molecule has 1 heterocycles. The fourth-order valence-corrected chi connectivity index (χ4v) is 2.46. The molecule has 1 aromatic rings. The molecule has 0 radical (unpaired) electrons. The number of aromatic nitrogens is 2. The third kappa shape index (κ3) is 5.38. The lowest BCUT2D eigenvalue weighted by molar-refractivity contribution is 0.0245. The number of amides is 2. The van der Waals surface area contributed by atoms with E-state index in [2.05, 4.69) is 15.7 Å². The van der Waals surface area contributed by atoms with Crippen molar-refractivity contribution in [1.29, 1.82) is 0 Å². The van der Waals surface area contributed by atoms with Crippen molar-refractivity contribution >= 4 is 11.8 Å². The molecule has 6 nitrogen and oxygen atoms in total. The molecule has 3 N–H and O–H groups in total. The van der Waals surface area contributed by atoms with Crippen molar-refractivity contribution in [2.24, 2.45) is 0 Å². The molecule has 6 heteroatoms. The number of carbonyl (C=O) groups excluding carboxylic acids is 1. The van der Waals surface area contributed by atoms with Gasteiger partial charge in [0, 0.05) is 18.7 Å². The second kappa shape index (κ2) is 8.02. The molecule has 2 amide bonds. The zero-order chi connectivity index (χ0) is 15.9. The van der Waals surface area contributed by atoms with Gasteiger partial charge < -0.3 is 10.4 Å². The van der Waals surface area contributed by atoms with E-state index in [-0.39, 0.29) is 18.6 Å². The molecule has 0 aromatic carbocycles. The van der Waals surface area contributed by atoms with E-state index in [9.17, 15) is 9.90 Å². The first-order chi connectivity index (χ1) is 9.91. The Bertz CT molecular complexity index is 437. The van der Waals surface area contributed by atoms with Crippen LogP contribution in [0, 0.1) is 0 Å². The van der Waals surface area contributed by atoms with Crippen LogP contribution in [0.15, 0.2) is 12.3 Å². The Balaban J connectivity index is 2.55. The molecular formula is C15H28N4O2. The molecule has 0 aliphatic carbocycles. The number of rotatable bonds is 8. The van der Waals surface area contributed by atoms with Gasteiger partial charge in [0.1, 0.15) is 5.82 Å². The van der Waals surface area contributed by atoms with Gasteiger partial charge in [-0.05, 0) is 26.7 Å². The van der Waals surface area contributed by atoms with E-state index in [1.807, 2.05) is 27.7 Å². The standard InChI is InChI=1S/C15H28N4O2/c1-5-8-15(21,9-6-2)11-16-14(20)18-13-7-10-17-19(13)12(3)4/h7,10,12,21H,5-6,8-9,11H2,1-4H3,(H2,16,18,20). The molecule has 1 aromatic heterocycles. The molecule has 0 aliphatic heterocycles. The predicted molar refractivity (Wildman–Crippen MR) is 84.4 cm³/mol. The average molecular weight is 296 g/mol. The van der Waals surface area contributed by atoms with Crippen molar-refractivity contribution in [2.75, 3.05) is 11.9 Å². The maximum atomic E-state index is 12.0. The summed E-state index contributed by atoms with van der Waals surface area (Å²) in [6.07, 6.45) is 4.80. The van der Waals surface area contributed by atoms with Gasteiger partial charge >= 0.3 is 6.03 Å². The summed E-state index contributed by atoms with van der Waals surface area (Å²) in [5.74, 6) is 0.650. The van der Waals surface area contributed by atoms with Gasteiger partial charge in [0.05, 0.1) is 11.8 Å². The van der Waals surface area contributed by atoms with Gasteiger partial charge in [-0.2, -0.15) is 5.10 Å². The zero-order valence-corrected chi connectivity index (χ0v) is 13.5. The summed E-state index contributed by atoms with van der Waals surface area (Å²) >= 11 is 0. The highest BCUT2D eigenvalue weighted by Gasteiger charge is 2.25. The van der Waals surface area contributed by atoms with Gasteiger partial charge in [-0.25, -0.2) is 9.48 Å². The summed E-state index contributed by atoms with van der Waals surface area (Å²) in [6, 6.07) is 1.61. The fraction of sp³-hybridized carbons (Fsp3) is 0.733. The van der Waals surface area contributed by atoms with E-state index < -0.39 is 5.60 Å². The molecule has 21 heavy (non-hydrogen) atoms. The molecule has 0 aliphatic rings. The summed E-state index contributed by atoms with van der Waals surface area (Å²) in [5, 5.41) is 20.2. The maximum absolute atomic E-state index is 12.0. The van der Waals surface area contributed by atoms with Crippen LogP contribution in [0.4, 0.5) is 10.6 Å². The minimum atomic E-state index is -0.820. The molecule has 0 saturated heterocycles. The van der Waals surface area contributed by atoms with Gasteiger partial charge in [-0.1, -0.05) is 26.7 Å². The minimum Gasteiger partial charge on any atom is -0.388 e. The average Bonchev–Trinajstić information content (AvgIpc) is 2.85. The largest absolute Gasteiger partial charge is 0.388 e. The van der Waals surface area contributed by atoms with Crippen molar-refractivity contribution in [2.45, 2.75) is 65.0 Å². The molecule has 0 fully saturated rings. The molecule has 0 atom stereocenters. The minimum absolute atomic E-state index is 0.174. The lowest BCUT2D eigenvalue weighted by Gasteiger charge is -2.27. The van der Waals surface area contributed by atoms with Gasteiger partial charge in [0.15, 0.2) is 0 Å². The second-order valence-electron chi connectivity index (χ2n) is 5.79. The van der Waals surface area contributed by atoms with Gasteiger partial charge in [0.2, 0.25) is 0 Å². The lowest BCUT2D eigenvalue weighted by atomic mass is 9.93. The van der Waals surface area contributed by atoms with Gasteiger partial charge in [0.25, 0.3) is 0 Å². The number of hydrogen-bond donors (Lipinski definition) is 3. The van der Waals surface area contributed by atoms with E-state index in [1.54, 1.807) is 16.9 Å². The van der Waals surface area contributed by atoms with Crippen molar-refractivity contribution in [3.63, 3.8) is 0 Å². The monoisotopic (exact) mass is 296 g/mol. The normalized spacial score (nSPS) is 11.7. The summed E-state index contributed by atoms with van der Waals surface area (Å²) < 4.78 is 1.74. The Labute approximate surface area is 126 Å². The number of urea groups is 1. The second-order valence-corrected chi connectivity index (χ2v) is 5.79. The Morgan fingerprint density at radius 1 is 1.38 bits per heavy atom. The highest BCUT2D eigenvalue weighted by atomic mass is 16.3. The topological polar surface area (TPSA) is 79.2 Å². The maximum Gasteiger partial charge on any atom is 0.320 e. The summed E-state index contributed by atoms with van der Waals surface area (Å²) in [6.45, 7) is 8.31. The molecular weight excluding hydrogens is 268 g/mol. The van der Waals surface area contributed by atoms with E-state index in [0.717, 1.165) is 12.8 Å².